The number of hydrogen-bond donors (Lipinski definition) is 2. The number of amides is 1. The standard InChI is InChI=1S/C19H26N4O2S/c24-16(21-9-6-13-5-8-20-11-13)7-10-23-12-22-18-17(19(23)25)14-3-1-2-4-15(14)26-18/h12-13,20H,1-11H2,(H,21,24). The molecule has 2 aliphatic rings. The summed E-state index contributed by atoms with van der Waals surface area (Å²) in [6.45, 7) is 3.25. The van der Waals surface area contributed by atoms with E-state index in [0.717, 1.165) is 55.5 Å². The number of carbonyl (C=O) groups is 1. The first-order valence-corrected chi connectivity index (χ1v) is 10.5. The quantitative estimate of drug-likeness (QED) is 0.809. The van der Waals surface area contributed by atoms with E-state index in [1.807, 2.05) is 0 Å². The van der Waals surface area contributed by atoms with Crippen molar-refractivity contribution in [3.05, 3.63) is 27.1 Å². The van der Waals surface area contributed by atoms with Gasteiger partial charge in [-0.15, -0.1) is 11.3 Å². The fourth-order valence-corrected chi connectivity index (χ4v) is 5.25. The van der Waals surface area contributed by atoms with Gasteiger partial charge < -0.3 is 10.6 Å². The molecule has 2 N–H and O–H groups in total. The molecule has 1 atom stereocenters. The second-order valence-electron chi connectivity index (χ2n) is 7.38. The Hall–Kier alpha value is -1.73. The molecule has 1 aliphatic heterocycles. The van der Waals surface area contributed by atoms with Crippen molar-refractivity contribution in [1.82, 2.24) is 20.2 Å². The van der Waals surface area contributed by atoms with Crippen LogP contribution in [0.2, 0.25) is 0 Å². The van der Waals surface area contributed by atoms with Crippen LogP contribution in [0.15, 0.2) is 11.1 Å². The molecule has 3 heterocycles. The van der Waals surface area contributed by atoms with Gasteiger partial charge in [-0.1, -0.05) is 0 Å². The molecule has 140 valence electrons. The first-order chi connectivity index (χ1) is 12.7. The van der Waals surface area contributed by atoms with Gasteiger partial charge in [0, 0.05) is 24.4 Å². The van der Waals surface area contributed by atoms with Crippen LogP contribution in [0.4, 0.5) is 0 Å². The average molecular weight is 375 g/mol. The van der Waals surface area contributed by atoms with Crippen molar-refractivity contribution in [2.45, 2.75) is 51.5 Å². The van der Waals surface area contributed by atoms with Gasteiger partial charge in [-0.05, 0) is 63.1 Å². The molecule has 0 aromatic carbocycles. The van der Waals surface area contributed by atoms with Crippen LogP contribution < -0.4 is 16.2 Å². The maximum atomic E-state index is 12.9. The monoisotopic (exact) mass is 374 g/mol. The lowest BCUT2D eigenvalue weighted by atomic mass is 9.97. The molecular formula is C19H26N4O2S. The minimum Gasteiger partial charge on any atom is -0.356 e. The van der Waals surface area contributed by atoms with Crippen molar-refractivity contribution in [2.24, 2.45) is 5.92 Å². The fourth-order valence-electron chi connectivity index (χ4n) is 4.03. The first kappa shape index (κ1) is 17.7. The lowest BCUT2D eigenvalue weighted by molar-refractivity contribution is -0.121. The predicted molar refractivity (Wildman–Crippen MR) is 104 cm³/mol. The molecule has 0 radical (unpaired) electrons. The van der Waals surface area contributed by atoms with Crippen molar-refractivity contribution in [2.75, 3.05) is 19.6 Å². The second-order valence-corrected chi connectivity index (χ2v) is 8.47. The normalized spacial score (nSPS) is 19.6. The van der Waals surface area contributed by atoms with Crippen LogP contribution in [0.3, 0.4) is 0 Å². The van der Waals surface area contributed by atoms with Crippen LogP contribution in [0.5, 0.6) is 0 Å². The van der Waals surface area contributed by atoms with Crippen LogP contribution in [-0.2, 0) is 24.2 Å². The highest BCUT2D eigenvalue weighted by atomic mass is 32.1. The van der Waals surface area contributed by atoms with Crippen molar-refractivity contribution in [3.8, 4) is 0 Å². The smallest absolute Gasteiger partial charge is 0.262 e. The summed E-state index contributed by atoms with van der Waals surface area (Å²) in [5.41, 5.74) is 1.22. The molecule has 0 bridgehead atoms. The molecule has 1 saturated heterocycles. The van der Waals surface area contributed by atoms with Crippen LogP contribution in [0.1, 0.15) is 42.5 Å². The van der Waals surface area contributed by atoms with Gasteiger partial charge in [0.2, 0.25) is 5.91 Å². The fraction of sp³-hybridized carbons (Fsp3) is 0.632. The van der Waals surface area contributed by atoms with Gasteiger partial charge in [0.05, 0.1) is 11.7 Å². The number of nitrogens with zero attached hydrogens (tertiary/aromatic N) is 2. The van der Waals surface area contributed by atoms with Crippen LogP contribution in [-0.4, -0.2) is 35.1 Å². The molecule has 0 saturated carbocycles. The van der Waals surface area contributed by atoms with E-state index < -0.39 is 0 Å². The molecule has 2 aromatic rings. The number of hydrogen-bond acceptors (Lipinski definition) is 5. The zero-order valence-electron chi connectivity index (χ0n) is 15.1. The summed E-state index contributed by atoms with van der Waals surface area (Å²) in [7, 11) is 0. The molecule has 2 aromatic heterocycles. The van der Waals surface area contributed by atoms with Gasteiger partial charge in [0.1, 0.15) is 4.83 Å². The van der Waals surface area contributed by atoms with Crippen LogP contribution in [0, 0.1) is 5.92 Å². The molecule has 1 fully saturated rings. The highest BCUT2D eigenvalue weighted by Crippen LogP contribution is 2.33. The summed E-state index contributed by atoms with van der Waals surface area (Å²) in [6.07, 6.45) is 8.53. The lowest BCUT2D eigenvalue weighted by Gasteiger charge is -2.11. The van der Waals surface area contributed by atoms with E-state index in [1.165, 1.54) is 23.3 Å². The number of nitrogens with one attached hydrogen (secondary N) is 2. The highest BCUT2D eigenvalue weighted by molar-refractivity contribution is 7.18. The summed E-state index contributed by atoms with van der Waals surface area (Å²) < 4.78 is 1.60. The third-order valence-electron chi connectivity index (χ3n) is 5.56. The molecule has 1 aliphatic carbocycles. The predicted octanol–water partition coefficient (Wildman–Crippen LogP) is 1.84. The Morgan fingerprint density at radius 2 is 2.27 bits per heavy atom. The molecular weight excluding hydrogens is 348 g/mol. The van der Waals surface area contributed by atoms with Crippen molar-refractivity contribution >= 4 is 27.5 Å². The van der Waals surface area contributed by atoms with Gasteiger partial charge in [0.15, 0.2) is 0 Å². The highest BCUT2D eigenvalue weighted by Gasteiger charge is 2.20. The molecule has 7 heteroatoms. The van der Waals surface area contributed by atoms with Gasteiger partial charge in [-0.3, -0.25) is 14.2 Å². The molecule has 4 rings (SSSR count). The summed E-state index contributed by atoms with van der Waals surface area (Å²) in [5.74, 6) is 0.685. The number of fused-ring (bicyclic) bond motifs is 3. The Balaban J connectivity index is 1.37. The molecule has 1 amide bonds. The molecule has 6 nitrogen and oxygen atoms in total. The summed E-state index contributed by atoms with van der Waals surface area (Å²) in [5, 5.41) is 7.11. The minimum atomic E-state index is 0.00954. The minimum absolute atomic E-state index is 0.00954. The van der Waals surface area contributed by atoms with Gasteiger partial charge in [-0.2, -0.15) is 0 Å². The van der Waals surface area contributed by atoms with Crippen molar-refractivity contribution in [1.29, 1.82) is 0 Å². The summed E-state index contributed by atoms with van der Waals surface area (Å²) >= 11 is 1.66. The van der Waals surface area contributed by atoms with Crippen molar-refractivity contribution in [3.63, 3.8) is 0 Å². The number of carbonyl (C=O) groups excluding carboxylic acids is 1. The van der Waals surface area contributed by atoms with E-state index in [2.05, 4.69) is 15.6 Å². The maximum absolute atomic E-state index is 12.9. The van der Waals surface area contributed by atoms with Gasteiger partial charge >= 0.3 is 0 Å². The maximum Gasteiger partial charge on any atom is 0.262 e. The Morgan fingerprint density at radius 3 is 3.12 bits per heavy atom. The third-order valence-corrected chi connectivity index (χ3v) is 6.76. The van der Waals surface area contributed by atoms with Crippen LogP contribution in [0.25, 0.3) is 10.2 Å². The Labute approximate surface area is 157 Å². The van der Waals surface area contributed by atoms with E-state index in [1.54, 1.807) is 22.2 Å². The molecule has 1 unspecified atom stereocenters. The largest absolute Gasteiger partial charge is 0.356 e. The van der Waals surface area contributed by atoms with Gasteiger partial charge in [-0.25, -0.2) is 4.98 Å². The van der Waals surface area contributed by atoms with E-state index in [4.69, 9.17) is 0 Å². The zero-order valence-corrected chi connectivity index (χ0v) is 15.9. The van der Waals surface area contributed by atoms with Crippen LogP contribution >= 0.6 is 11.3 Å². The number of aryl methyl sites for hydroxylation is 3. The summed E-state index contributed by atoms with van der Waals surface area (Å²) in [4.78, 5) is 31.6. The molecule has 0 spiro atoms. The van der Waals surface area contributed by atoms with E-state index >= 15 is 0 Å². The Kier molecular flexibility index (Phi) is 5.36. The topological polar surface area (TPSA) is 76.0 Å². The first-order valence-electron chi connectivity index (χ1n) is 9.69. The second kappa shape index (κ2) is 7.88. The van der Waals surface area contributed by atoms with Crippen molar-refractivity contribution < 1.29 is 4.79 Å². The van der Waals surface area contributed by atoms with Gasteiger partial charge in [0.25, 0.3) is 5.56 Å². The lowest BCUT2D eigenvalue weighted by Crippen LogP contribution is -2.29. The number of rotatable bonds is 6. The third kappa shape index (κ3) is 3.69. The van der Waals surface area contributed by atoms with E-state index in [0.29, 0.717) is 18.9 Å². The van der Waals surface area contributed by atoms with E-state index in [9.17, 15) is 9.59 Å². The summed E-state index contributed by atoms with van der Waals surface area (Å²) in [6, 6.07) is 0. The van der Waals surface area contributed by atoms with E-state index in [-0.39, 0.29) is 11.5 Å². The zero-order chi connectivity index (χ0) is 17.9. The molecule has 26 heavy (non-hydrogen) atoms. The SMILES string of the molecule is O=C(CCn1cnc2sc3c(c2c1=O)CCCC3)NCCC1CCNC1. The Bertz CT molecular complexity index is 851. The number of aromatic nitrogens is 2. The average Bonchev–Trinajstić information content (AvgIpc) is 3.28. The Morgan fingerprint density at radius 1 is 1.38 bits per heavy atom. The number of thiophene rings is 1.